The Morgan fingerprint density at radius 3 is 3.11 bits per heavy atom. The van der Waals surface area contributed by atoms with Crippen LogP contribution in [0.25, 0.3) is 5.69 Å². The van der Waals surface area contributed by atoms with E-state index in [0.717, 1.165) is 14.5 Å². The molecule has 3 rings (SSSR count). The van der Waals surface area contributed by atoms with Crippen LogP contribution in [0.2, 0.25) is 1.41 Å². The molecule has 9 heteroatoms. The number of tetrazole rings is 1. The van der Waals surface area contributed by atoms with Crippen molar-refractivity contribution in [1.82, 2.24) is 30.0 Å². The van der Waals surface area contributed by atoms with Gasteiger partial charge in [0.25, 0.3) is 0 Å². The summed E-state index contributed by atoms with van der Waals surface area (Å²) in [4.78, 5) is 11.8. The van der Waals surface area contributed by atoms with Crippen molar-refractivity contribution >= 4 is 0 Å². The molecule has 0 saturated heterocycles. The normalized spacial score (nSPS) is 11.5. The summed E-state index contributed by atoms with van der Waals surface area (Å²) in [6.07, 6.45) is 4.28. The van der Waals surface area contributed by atoms with E-state index < -0.39 is 0 Å². The molecule has 3 aromatic heterocycles. The first-order valence-electron chi connectivity index (χ1n) is 5.82. The van der Waals surface area contributed by atoms with Gasteiger partial charge in [-0.05, 0) is 10.4 Å². The van der Waals surface area contributed by atoms with Gasteiger partial charge in [0.15, 0.2) is 1.41 Å². The number of furan rings is 1. The van der Waals surface area contributed by atoms with Crippen LogP contribution >= 0.6 is 0 Å². The molecule has 0 bridgehead atoms. The molecule has 3 heterocycles. The van der Waals surface area contributed by atoms with Crippen molar-refractivity contribution in [3.05, 3.63) is 40.8 Å². The van der Waals surface area contributed by atoms with Gasteiger partial charge >= 0.3 is 5.69 Å². The van der Waals surface area contributed by atoms with Gasteiger partial charge in [0.1, 0.15) is 18.6 Å². The zero-order valence-electron chi connectivity index (χ0n) is 10.9. The van der Waals surface area contributed by atoms with E-state index in [1.807, 2.05) is 0 Å². The van der Waals surface area contributed by atoms with Crippen LogP contribution in [0.3, 0.4) is 0 Å². The minimum Gasteiger partial charge on any atom is -0.472 e. The first kappa shape index (κ1) is 10.1. The second-order valence-corrected chi connectivity index (χ2v) is 3.74. The van der Waals surface area contributed by atoms with Gasteiger partial charge in [-0.2, -0.15) is 9.36 Å². The average molecular weight is 264 g/mol. The molecular formula is C10H10N6O3. The molecule has 0 aliphatic carbocycles. The molecule has 0 radical (unpaired) electrons. The van der Waals surface area contributed by atoms with Crippen molar-refractivity contribution in [2.24, 2.45) is 7.05 Å². The van der Waals surface area contributed by atoms with E-state index in [-0.39, 0.29) is 12.3 Å². The Labute approximate surface area is 107 Å². The van der Waals surface area contributed by atoms with Crippen molar-refractivity contribution in [1.29, 1.82) is 0 Å². The Kier molecular flexibility index (Phi) is 2.37. The quantitative estimate of drug-likeness (QED) is 0.703. The third-order valence-corrected chi connectivity index (χ3v) is 2.48. The lowest BCUT2D eigenvalue weighted by atomic mass is 10.3. The van der Waals surface area contributed by atoms with Gasteiger partial charge < -0.3 is 9.15 Å². The lowest BCUT2D eigenvalue weighted by Crippen LogP contribution is -2.22. The van der Waals surface area contributed by atoms with Crippen molar-refractivity contribution in [2.45, 2.75) is 6.61 Å². The molecule has 0 fully saturated rings. The highest BCUT2D eigenvalue weighted by molar-refractivity contribution is 5.35. The summed E-state index contributed by atoms with van der Waals surface area (Å²) in [6, 6.07) is 1.56. The Hall–Kier alpha value is -2.84. The number of aryl methyl sites for hydroxylation is 1. The molecule has 0 aliphatic heterocycles. The fraction of sp³-hybridized carbons (Fsp3) is 0.200. The SMILES string of the molecule is [3H]n1ccc(OCc2cocc2-n2nnn(C)c2=O)n1. The van der Waals surface area contributed by atoms with Crippen molar-refractivity contribution in [3.63, 3.8) is 0 Å². The predicted molar refractivity (Wildman–Crippen MR) is 61.8 cm³/mol. The van der Waals surface area contributed by atoms with E-state index in [4.69, 9.17) is 10.6 Å². The van der Waals surface area contributed by atoms with Gasteiger partial charge in [-0.3, -0.25) is 5.09 Å². The number of H-pyrrole nitrogens is 1. The summed E-state index contributed by atoms with van der Waals surface area (Å²) in [6.45, 7) is 0.131. The number of nitrogens with zero attached hydrogens (tertiary/aromatic N) is 5. The van der Waals surface area contributed by atoms with E-state index >= 15 is 0 Å². The van der Waals surface area contributed by atoms with E-state index in [2.05, 4.69) is 15.5 Å². The average Bonchev–Trinajstić information content (AvgIpc) is 3.11. The van der Waals surface area contributed by atoms with E-state index in [9.17, 15) is 4.79 Å². The third kappa shape index (κ3) is 2.01. The van der Waals surface area contributed by atoms with E-state index in [1.165, 1.54) is 25.8 Å². The predicted octanol–water partition coefficient (Wildman–Crippen LogP) is -0.139. The molecule has 0 aliphatic rings. The van der Waals surface area contributed by atoms with Gasteiger partial charge in [-0.1, -0.05) is 0 Å². The standard InChI is InChI=1S/C10H10N6O3/c1-15-10(17)16(14-13-15)8-6-18-4-7(8)5-19-9-2-3-11-12-9/h2-4,6H,5H2,1H3,(H,11,12)/i/hT. The molecule has 0 amide bonds. The second kappa shape index (κ2) is 4.44. The molecule has 0 saturated carbocycles. The maximum atomic E-state index is 11.8. The van der Waals surface area contributed by atoms with Gasteiger partial charge in [-0.25, -0.2) is 4.79 Å². The molecule has 1 N–H and O–H groups in total. The Morgan fingerprint density at radius 2 is 2.42 bits per heavy atom. The van der Waals surface area contributed by atoms with Crippen LogP contribution in [-0.4, -0.2) is 30.0 Å². The first-order valence-corrected chi connectivity index (χ1v) is 5.37. The number of rotatable bonds is 4. The van der Waals surface area contributed by atoms with Crippen LogP contribution in [0.5, 0.6) is 5.88 Å². The summed E-state index contributed by atoms with van der Waals surface area (Å²) < 4.78 is 19.9. The Bertz CT molecular complexity index is 785. The number of hydrogen-bond acceptors (Lipinski definition) is 6. The minimum atomic E-state index is -0.386. The summed E-state index contributed by atoms with van der Waals surface area (Å²) in [5.74, 6) is 0.304. The van der Waals surface area contributed by atoms with Gasteiger partial charge in [0.05, 0.1) is 11.8 Å². The van der Waals surface area contributed by atoms with Crippen LogP contribution in [-0.2, 0) is 13.7 Å². The number of nitrogens with one attached hydrogen (secondary N) is 1. The molecular weight excluding hydrogens is 252 g/mol. The van der Waals surface area contributed by atoms with Crippen LogP contribution in [0.4, 0.5) is 0 Å². The summed E-state index contributed by atoms with van der Waals surface area (Å²) >= 11 is 0. The monoisotopic (exact) mass is 264 g/mol. The number of aromatic amines is 1. The van der Waals surface area contributed by atoms with E-state index in [0.29, 0.717) is 17.1 Å². The summed E-state index contributed by atoms with van der Waals surface area (Å²) in [5, 5.41) is 12.0. The third-order valence-electron chi connectivity index (χ3n) is 2.48. The lowest BCUT2D eigenvalue weighted by molar-refractivity contribution is 0.291. The zero-order valence-corrected chi connectivity index (χ0v) is 9.92. The topological polar surface area (TPSA) is 104 Å². The first-order chi connectivity index (χ1) is 9.65. The molecule has 3 aromatic rings. The molecule has 98 valence electrons. The second-order valence-electron chi connectivity index (χ2n) is 3.74. The highest BCUT2D eigenvalue weighted by Gasteiger charge is 2.14. The highest BCUT2D eigenvalue weighted by Crippen LogP contribution is 2.15. The van der Waals surface area contributed by atoms with Crippen LogP contribution in [0.1, 0.15) is 5.56 Å². The molecule has 19 heavy (non-hydrogen) atoms. The van der Waals surface area contributed by atoms with Crippen LogP contribution in [0.15, 0.2) is 34.0 Å². The fourth-order valence-corrected chi connectivity index (χ4v) is 1.52. The lowest BCUT2D eigenvalue weighted by Gasteiger charge is -2.02. The van der Waals surface area contributed by atoms with E-state index in [1.54, 1.807) is 6.07 Å². The molecule has 0 unspecified atom stereocenters. The van der Waals surface area contributed by atoms with Crippen LogP contribution in [0, 0.1) is 0 Å². The number of hydrogen-bond donors (Lipinski definition) is 1. The highest BCUT2D eigenvalue weighted by atomic mass is 16.5. The Morgan fingerprint density at radius 1 is 1.53 bits per heavy atom. The van der Waals surface area contributed by atoms with Gasteiger partial charge in [0, 0.05) is 19.3 Å². The molecule has 0 spiro atoms. The fourth-order valence-electron chi connectivity index (χ4n) is 1.52. The van der Waals surface area contributed by atoms with Crippen LogP contribution < -0.4 is 10.4 Å². The summed E-state index contributed by atoms with van der Waals surface area (Å²) in [5.41, 5.74) is 0.684. The maximum Gasteiger partial charge on any atom is 0.368 e. The van der Waals surface area contributed by atoms with Gasteiger partial charge in [-0.15, -0.1) is 5.10 Å². The zero-order chi connectivity index (χ0) is 14.1. The maximum absolute atomic E-state index is 11.8. The molecule has 0 aromatic carbocycles. The van der Waals surface area contributed by atoms with Gasteiger partial charge in [0.2, 0.25) is 5.88 Å². The van der Waals surface area contributed by atoms with Crippen molar-refractivity contribution < 1.29 is 10.6 Å². The molecule has 9 nitrogen and oxygen atoms in total. The summed E-state index contributed by atoms with van der Waals surface area (Å²) in [7, 11) is 1.50. The number of ether oxygens (including phenoxy) is 1. The van der Waals surface area contributed by atoms with Crippen molar-refractivity contribution in [3.8, 4) is 11.6 Å². The Balaban J connectivity index is 1.83. The number of aromatic nitrogens is 6. The molecule has 0 atom stereocenters. The smallest absolute Gasteiger partial charge is 0.368 e. The van der Waals surface area contributed by atoms with Crippen molar-refractivity contribution in [2.75, 3.05) is 0 Å². The minimum absolute atomic E-state index is 0.131. The largest absolute Gasteiger partial charge is 0.472 e.